The van der Waals surface area contributed by atoms with Crippen molar-refractivity contribution >= 4 is 22.4 Å². The van der Waals surface area contributed by atoms with Crippen molar-refractivity contribution in [3.8, 4) is 0 Å². The Hall–Kier alpha value is -2.14. The third-order valence-corrected chi connectivity index (χ3v) is 3.29. The number of Topliss-reactive ketones (excluding diaryl/α,β-unsaturated/α-hetero) is 1. The monoisotopic (exact) mass is 274 g/mol. The number of hydrogen-bond acceptors (Lipinski definition) is 5. The van der Waals surface area contributed by atoms with E-state index in [1.165, 1.54) is 6.07 Å². The van der Waals surface area contributed by atoms with Crippen LogP contribution in [0.3, 0.4) is 0 Å². The number of anilines is 1. The largest absolute Gasteiger partial charge is 0.423 e. The highest BCUT2D eigenvalue weighted by Gasteiger charge is 2.14. The summed E-state index contributed by atoms with van der Waals surface area (Å²) < 4.78 is 5.18. The van der Waals surface area contributed by atoms with Crippen LogP contribution in [0.15, 0.2) is 33.5 Å². The van der Waals surface area contributed by atoms with Crippen LogP contribution in [0.4, 0.5) is 5.69 Å². The average Bonchev–Trinajstić information content (AvgIpc) is 2.43. The van der Waals surface area contributed by atoms with E-state index < -0.39 is 0 Å². The zero-order chi connectivity index (χ0) is 14.7. The Morgan fingerprint density at radius 3 is 2.80 bits per heavy atom. The van der Waals surface area contributed by atoms with Gasteiger partial charge in [0.05, 0.1) is 12.6 Å². The number of fused-ring (bicyclic) bond motifs is 1. The predicted molar refractivity (Wildman–Crippen MR) is 79.0 cm³/mol. The van der Waals surface area contributed by atoms with Crippen LogP contribution in [0.5, 0.6) is 0 Å². The van der Waals surface area contributed by atoms with Gasteiger partial charge in [0.25, 0.3) is 0 Å². The number of benzene rings is 1. The molecule has 0 aliphatic heterocycles. The van der Waals surface area contributed by atoms with E-state index in [0.717, 1.165) is 16.6 Å². The number of rotatable bonds is 5. The standard InChI is InChI=1S/C15H18N2O3/c1-3-12(13(18)8-16)17-10-4-5-11-9(2)6-15(19)20-14(11)7-10/h4-7,12,17H,3,8,16H2,1-2H3. The highest BCUT2D eigenvalue weighted by molar-refractivity contribution is 5.89. The third-order valence-electron chi connectivity index (χ3n) is 3.29. The first-order chi connectivity index (χ1) is 9.55. The van der Waals surface area contributed by atoms with Gasteiger partial charge < -0.3 is 15.5 Å². The molecule has 2 aromatic rings. The minimum absolute atomic E-state index is 0.00722. The van der Waals surface area contributed by atoms with Crippen molar-refractivity contribution in [2.24, 2.45) is 5.73 Å². The second kappa shape index (κ2) is 5.88. The van der Waals surface area contributed by atoms with E-state index >= 15 is 0 Å². The summed E-state index contributed by atoms with van der Waals surface area (Å²) in [6.45, 7) is 3.78. The molecule has 20 heavy (non-hydrogen) atoms. The van der Waals surface area contributed by atoms with Crippen molar-refractivity contribution in [1.82, 2.24) is 0 Å². The smallest absolute Gasteiger partial charge is 0.336 e. The highest BCUT2D eigenvalue weighted by atomic mass is 16.4. The fourth-order valence-corrected chi connectivity index (χ4v) is 2.17. The Bertz CT molecular complexity index is 691. The van der Waals surface area contributed by atoms with Gasteiger partial charge in [-0.15, -0.1) is 0 Å². The van der Waals surface area contributed by atoms with Crippen molar-refractivity contribution in [2.75, 3.05) is 11.9 Å². The van der Waals surface area contributed by atoms with Crippen molar-refractivity contribution in [3.63, 3.8) is 0 Å². The van der Waals surface area contributed by atoms with Gasteiger partial charge in [-0.2, -0.15) is 0 Å². The lowest BCUT2D eigenvalue weighted by atomic mass is 10.1. The van der Waals surface area contributed by atoms with Gasteiger partial charge in [0.15, 0.2) is 5.78 Å². The molecule has 2 rings (SSSR count). The van der Waals surface area contributed by atoms with Gasteiger partial charge in [-0.1, -0.05) is 6.92 Å². The molecule has 5 heteroatoms. The molecule has 1 heterocycles. The van der Waals surface area contributed by atoms with E-state index in [1.807, 2.05) is 26.0 Å². The van der Waals surface area contributed by atoms with Crippen LogP contribution in [0.1, 0.15) is 18.9 Å². The van der Waals surface area contributed by atoms with E-state index in [-0.39, 0.29) is 24.0 Å². The summed E-state index contributed by atoms with van der Waals surface area (Å²) in [6, 6.07) is 6.60. The fraction of sp³-hybridized carbons (Fsp3) is 0.333. The maximum atomic E-state index is 11.7. The maximum absolute atomic E-state index is 11.7. The Balaban J connectivity index is 2.36. The minimum atomic E-state index is -0.378. The summed E-state index contributed by atoms with van der Waals surface area (Å²) in [5, 5.41) is 4.00. The van der Waals surface area contributed by atoms with Gasteiger partial charge in [0.1, 0.15) is 5.58 Å². The molecule has 1 unspecified atom stereocenters. The number of nitrogens with one attached hydrogen (secondary N) is 1. The molecule has 0 aliphatic carbocycles. The summed E-state index contributed by atoms with van der Waals surface area (Å²) >= 11 is 0. The van der Waals surface area contributed by atoms with Gasteiger partial charge >= 0.3 is 5.63 Å². The number of carbonyl (C=O) groups is 1. The summed E-state index contributed by atoms with van der Waals surface area (Å²) in [5.74, 6) is -0.0432. The van der Waals surface area contributed by atoms with Crippen LogP contribution in [-0.2, 0) is 4.79 Å². The van der Waals surface area contributed by atoms with Gasteiger partial charge in [-0.05, 0) is 31.0 Å². The second-order valence-electron chi connectivity index (χ2n) is 4.73. The average molecular weight is 274 g/mol. The van der Waals surface area contributed by atoms with Gasteiger partial charge in [-0.25, -0.2) is 4.79 Å². The van der Waals surface area contributed by atoms with E-state index in [2.05, 4.69) is 5.32 Å². The summed E-state index contributed by atoms with van der Waals surface area (Å²) in [7, 11) is 0. The molecule has 0 fully saturated rings. The van der Waals surface area contributed by atoms with Gasteiger partial charge in [0, 0.05) is 23.2 Å². The Morgan fingerprint density at radius 2 is 2.15 bits per heavy atom. The van der Waals surface area contributed by atoms with E-state index in [9.17, 15) is 9.59 Å². The molecule has 3 N–H and O–H groups in total. The SMILES string of the molecule is CCC(Nc1ccc2c(C)cc(=O)oc2c1)C(=O)CN. The normalized spacial score (nSPS) is 12.3. The molecule has 0 saturated heterocycles. The first-order valence-electron chi connectivity index (χ1n) is 6.59. The Labute approximate surface area is 116 Å². The molecule has 0 aliphatic rings. The Morgan fingerprint density at radius 1 is 1.40 bits per heavy atom. The van der Waals surface area contributed by atoms with Crippen molar-refractivity contribution in [2.45, 2.75) is 26.3 Å². The number of ketones is 1. The predicted octanol–water partition coefficient (Wildman–Crippen LogP) is 1.82. The molecule has 0 bridgehead atoms. The van der Waals surface area contributed by atoms with Crippen molar-refractivity contribution < 1.29 is 9.21 Å². The molecule has 106 valence electrons. The minimum Gasteiger partial charge on any atom is -0.423 e. The number of aryl methyl sites for hydroxylation is 1. The lowest BCUT2D eigenvalue weighted by Crippen LogP contribution is -2.33. The van der Waals surface area contributed by atoms with Crippen LogP contribution in [0.2, 0.25) is 0 Å². The van der Waals surface area contributed by atoms with Crippen molar-refractivity contribution in [1.29, 1.82) is 0 Å². The zero-order valence-electron chi connectivity index (χ0n) is 11.6. The summed E-state index contributed by atoms with van der Waals surface area (Å²) in [4.78, 5) is 23.0. The summed E-state index contributed by atoms with van der Waals surface area (Å²) in [6.07, 6.45) is 0.645. The fourth-order valence-electron chi connectivity index (χ4n) is 2.17. The molecule has 1 aromatic heterocycles. The van der Waals surface area contributed by atoms with Gasteiger partial charge in [0.2, 0.25) is 0 Å². The topological polar surface area (TPSA) is 85.3 Å². The van der Waals surface area contributed by atoms with Crippen LogP contribution in [0, 0.1) is 6.92 Å². The molecule has 0 saturated carbocycles. The number of hydrogen-bond donors (Lipinski definition) is 2. The molecule has 0 radical (unpaired) electrons. The second-order valence-corrected chi connectivity index (χ2v) is 4.73. The zero-order valence-corrected chi connectivity index (χ0v) is 11.6. The first kappa shape index (κ1) is 14.3. The number of carbonyl (C=O) groups excluding carboxylic acids is 1. The third kappa shape index (κ3) is 2.88. The molecular weight excluding hydrogens is 256 g/mol. The van der Waals surface area contributed by atoms with E-state index in [0.29, 0.717) is 12.0 Å². The molecule has 0 amide bonds. The highest BCUT2D eigenvalue weighted by Crippen LogP contribution is 2.21. The van der Waals surface area contributed by atoms with Gasteiger partial charge in [-0.3, -0.25) is 4.79 Å². The van der Waals surface area contributed by atoms with Crippen LogP contribution >= 0.6 is 0 Å². The maximum Gasteiger partial charge on any atom is 0.336 e. The molecule has 0 spiro atoms. The lowest BCUT2D eigenvalue weighted by Gasteiger charge is -2.16. The number of nitrogens with two attached hydrogens (primary N) is 1. The molecule has 1 aromatic carbocycles. The van der Waals surface area contributed by atoms with E-state index in [1.54, 1.807) is 6.07 Å². The molecular formula is C15H18N2O3. The van der Waals surface area contributed by atoms with Crippen LogP contribution < -0.4 is 16.7 Å². The summed E-state index contributed by atoms with van der Waals surface area (Å²) in [5.41, 5.74) is 7.12. The van der Waals surface area contributed by atoms with E-state index in [4.69, 9.17) is 10.2 Å². The lowest BCUT2D eigenvalue weighted by molar-refractivity contribution is -0.118. The quantitative estimate of drug-likeness (QED) is 0.812. The molecule has 1 atom stereocenters. The van der Waals surface area contributed by atoms with Crippen LogP contribution in [0.25, 0.3) is 11.0 Å². The molecule has 5 nitrogen and oxygen atoms in total. The van der Waals surface area contributed by atoms with Crippen LogP contribution in [-0.4, -0.2) is 18.4 Å². The van der Waals surface area contributed by atoms with Crippen molar-refractivity contribution in [3.05, 3.63) is 40.2 Å². The Kier molecular flexibility index (Phi) is 4.20. The first-order valence-corrected chi connectivity index (χ1v) is 6.59.